The molecular formula is C25H28ClN3O2. The van der Waals surface area contributed by atoms with E-state index in [-0.39, 0.29) is 5.97 Å². The molecule has 1 atom stereocenters. The van der Waals surface area contributed by atoms with Gasteiger partial charge in [0.05, 0.1) is 29.3 Å². The molecule has 6 heteroatoms. The fraction of sp³-hybridized carbons (Fsp3) is 0.360. The van der Waals surface area contributed by atoms with Gasteiger partial charge in [0.1, 0.15) is 0 Å². The van der Waals surface area contributed by atoms with Crippen LogP contribution in [0.5, 0.6) is 0 Å². The Morgan fingerprint density at radius 2 is 1.84 bits per heavy atom. The van der Waals surface area contributed by atoms with Crippen LogP contribution in [0.1, 0.15) is 57.6 Å². The number of aromatic nitrogens is 2. The molecule has 2 heterocycles. The summed E-state index contributed by atoms with van der Waals surface area (Å²) in [6.45, 7) is 4.50. The van der Waals surface area contributed by atoms with Crippen molar-refractivity contribution in [2.45, 2.75) is 52.0 Å². The van der Waals surface area contributed by atoms with Crippen LogP contribution >= 0.6 is 11.6 Å². The van der Waals surface area contributed by atoms with E-state index in [1.165, 1.54) is 19.3 Å². The van der Waals surface area contributed by atoms with Crippen LogP contribution in [0, 0.1) is 0 Å². The molecule has 0 saturated carbocycles. The number of hydrogen-bond donors (Lipinski definition) is 1. The molecule has 0 amide bonds. The minimum Gasteiger partial charge on any atom is -0.462 e. The van der Waals surface area contributed by atoms with Gasteiger partial charge in [-0.25, -0.2) is 9.78 Å². The van der Waals surface area contributed by atoms with Gasteiger partial charge < -0.3 is 10.1 Å². The van der Waals surface area contributed by atoms with E-state index in [1.807, 2.05) is 60.0 Å². The minimum atomic E-state index is -0.412. The van der Waals surface area contributed by atoms with Crippen molar-refractivity contribution in [3.05, 3.63) is 70.4 Å². The fourth-order valence-electron chi connectivity index (χ4n) is 4.17. The molecule has 0 aliphatic carbocycles. The number of ether oxygens (including phenoxy) is 1. The highest BCUT2D eigenvalue weighted by atomic mass is 35.5. The number of anilines is 1. The Kier molecular flexibility index (Phi) is 6.62. The molecule has 0 fully saturated rings. The number of carbonyl (C=O) groups excluding carboxylic acids is 1. The Bertz CT molecular complexity index is 1120. The number of para-hydroxylation sites is 2. The van der Waals surface area contributed by atoms with Gasteiger partial charge in [-0.05, 0) is 37.1 Å². The molecular weight excluding hydrogens is 410 g/mol. The highest BCUT2D eigenvalue weighted by molar-refractivity contribution is 6.31. The van der Waals surface area contributed by atoms with Gasteiger partial charge in [0, 0.05) is 10.7 Å². The number of nitrogens with zero attached hydrogens (tertiary/aromatic N) is 2. The third-order valence-corrected chi connectivity index (χ3v) is 6.08. The third kappa shape index (κ3) is 4.33. The summed E-state index contributed by atoms with van der Waals surface area (Å²) in [6.07, 6.45) is 5.53. The summed E-state index contributed by atoms with van der Waals surface area (Å²) in [7, 11) is 0. The van der Waals surface area contributed by atoms with Gasteiger partial charge >= 0.3 is 5.97 Å². The zero-order valence-corrected chi connectivity index (χ0v) is 18.8. The Labute approximate surface area is 188 Å². The molecule has 1 aliphatic rings. The normalized spacial score (nSPS) is 15.6. The zero-order chi connectivity index (χ0) is 21.8. The molecule has 1 aromatic heterocycles. The van der Waals surface area contributed by atoms with Crippen molar-refractivity contribution in [2.24, 2.45) is 0 Å². The smallest absolute Gasteiger partial charge is 0.338 e. The number of hydrogen-bond acceptors (Lipinski definition) is 4. The first-order valence-corrected chi connectivity index (χ1v) is 11.4. The van der Waals surface area contributed by atoms with E-state index < -0.39 is 6.04 Å². The Balaban J connectivity index is 1.70. The Morgan fingerprint density at radius 1 is 1.10 bits per heavy atom. The molecule has 5 nitrogen and oxygen atoms in total. The van der Waals surface area contributed by atoms with Gasteiger partial charge in [0.2, 0.25) is 5.95 Å². The predicted molar refractivity (Wildman–Crippen MR) is 125 cm³/mol. The first-order chi connectivity index (χ1) is 15.1. The molecule has 0 unspecified atom stereocenters. The summed E-state index contributed by atoms with van der Waals surface area (Å²) in [5, 5.41) is 3.91. The van der Waals surface area contributed by atoms with E-state index >= 15 is 0 Å². The average molecular weight is 438 g/mol. The number of allylic oxidation sites excluding steroid dienone is 1. The highest BCUT2D eigenvalue weighted by Crippen LogP contribution is 2.41. The van der Waals surface area contributed by atoms with Crippen molar-refractivity contribution in [1.82, 2.24) is 9.55 Å². The molecule has 31 heavy (non-hydrogen) atoms. The lowest BCUT2D eigenvalue weighted by Gasteiger charge is -2.30. The monoisotopic (exact) mass is 437 g/mol. The van der Waals surface area contributed by atoms with Crippen molar-refractivity contribution < 1.29 is 9.53 Å². The van der Waals surface area contributed by atoms with Gasteiger partial charge in [0.25, 0.3) is 0 Å². The average Bonchev–Trinajstić information content (AvgIpc) is 3.13. The van der Waals surface area contributed by atoms with Crippen molar-refractivity contribution in [3.8, 4) is 0 Å². The maximum absolute atomic E-state index is 13.3. The number of benzene rings is 2. The third-order valence-electron chi connectivity index (χ3n) is 5.73. The zero-order valence-electron chi connectivity index (χ0n) is 18.0. The van der Waals surface area contributed by atoms with Crippen LogP contribution in [0.25, 0.3) is 11.0 Å². The maximum atomic E-state index is 13.3. The predicted octanol–water partition coefficient (Wildman–Crippen LogP) is 6.49. The second kappa shape index (κ2) is 9.56. The van der Waals surface area contributed by atoms with E-state index in [0.29, 0.717) is 23.2 Å². The largest absolute Gasteiger partial charge is 0.462 e. The molecule has 3 aromatic rings. The quantitative estimate of drug-likeness (QED) is 0.323. The number of rotatable bonds is 8. The number of carbonyl (C=O) groups is 1. The second-order valence-corrected chi connectivity index (χ2v) is 8.34. The van der Waals surface area contributed by atoms with Gasteiger partial charge in [-0.1, -0.05) is 74.5 Å². The lowest BCUT2D eigenvalue weighted by molar-refractivity contribution is -0.139. The minimum absolute atomic E-state index is 0.311. The van der Waals surface area contributed by atoms with Crippen LogP contribution in [0.4, 0.5) is 5.95 Å². The van der Waals surface area contributed by atoms with E-state index in [4.69, 9.17) is 21.3 Å². The van der Waals surface area contributed by atoms with Crippen LogP contribution in [-0.2, 0) is 9.53 Å². The summed E-state index contributed by atoms with van der Waals surface area (Å²) >= 11 is 6.61. The molecule has 1 N–H and O–H groups in total. The summed E-state index contributed by atoms with van der Waals surface area (Å²) < 4.78 is 7.76. The lowest BCUT2D eigenvalue weighted by Crippen LogP contribution is -2.29. The van der Waals surface area contributed by atoms with Gasteiger partial charge in [-0.2, -0.15) is 0 Å². The molecule has 0 spiro atoms. The maximum Gasteiger partial charge on any atom is 0.338 e. The van der Waals surface area contributed by atoms with Crippen molar-refractivity contribution in [3.63, 3.8) is 0 Å². The van der Waals surface area contributed by atoms with Gasteiger partial charge in [0.15, 0.2) is 0 Å². The molecule has 162 valence electrons. The van der Waals surface area contributed by atoms with Crippen molar-refractivity contribution in [2.75, 3.05) is 11.9 Å². The SMILES string of the molecule is CCCCCCCOC(=O)C1=C(C)Nc2nc3ccccc3n2[C@H]1c1ccccc1Cl. The Morgan fingerprint density at radius 3 is 2.65 bits per heavy atom. The fourth-order valence-corrected chi connectivity index (χ4v) is 4.41. The summed E-state index contributed by atoms with van der Waals surface area (Å²) in [6, 6.07) is 15.1. The molecule has 2 aromatic carbocycles. The van der Waals surface area contributed by atoms with Crippen molar-refractivity contribution in [1.29, 1.82) is 0 Å². The summed E-state index contributed by atoms with van der Waals surface area (Å²) in [5.74, 6) is 0.383. The summed E-state index contributed by atoms with van der Waals surface area (Å²) in [4.78, 5) is 18.0. The molecule has 0 saturated heterocycles. The number of nitrogens with one attached hydrogen (secondary N) is 1. The number of halogens is 1. The number of unbranched alkanes of at least 4 members (excludes halogenated alkanes) is 4. The highest BCUT2D eigenvalue weighted by Gasteiger charge is 2.35. The summed E-state index contributed by atoms with van der Waals surface area (Å²) in [5.41, 5.74) is 3.96. The van der Waals surface area contributed by atoms with Gasteiger partial charge in [-0.3, -0.25) is 4.57 Å². The van der Waals surface area contributed by atoms with E-state index in [0.717, 1.165) is 35.1 Å². The van der Waals surface area contributed by atoms with Crippen LogP contribution in [-0.4, -0.2) is 22.1 Å². The van der Waals surface area contributed by atoms with Gasteiger partial charge in [-0.15, -0.1) is 0 Å². The molecule has 0 bridgehead atoms. The number of imidazole rings is 1. The standard InChI is InChI=1S/C25H28ClN3O2/c1-3-4-5-6-11-16-31-24(30)22-17(2)27-25-28-20-14-9-10-15-21(20)29(25)23(22)18-12-7-8-13-19(18)26/h7-10,12-15,23H,3-6,11,16H2,1-2H3,(H,27,28)/t23-/m0/s1. The first-order valence-electron chi connectivity index (χ1n) is 11.0. The topological polar surface area (TPSA) is 56.1 Å². The van der Waals surface area contributed by atoms with Crippen LogP contribution < -0.4 is 5.32 Å². The Hall–Kier alpha value is -2.79. The second-order valence-electron chi connectivity index (χ2n) is 7.93. The number of fused-ring (bicyclic) bond motifs is 3. The number of esters is 1. The van der Waals surface area contributed by atoms with Crippen LogP contribution in [0.3, 0.4) is 0 Å². The van der Waals surface area contributed by atoms with Crippen LogP contribution in [0.15, 0.2) is 59.8 Å². The molecule has 1 aliphatic heterocycles. The van der Waals surface area contributed by atoms with E-state index in [1.54, 1.807) is 0 Å². The van der Waals surface area contributed by atoms with E-state index in [2.05, 4.69) is 12.2 Å². The lowest BCUT2D eigenvalue weighted by atomic mass is 9.95. The molecule has 4 rings (SSSR count). The van der Waals surface area contributed by atoms with Crippen LogP contribution in [0.2, 0.25) is 5.02 Å². The molecule has 0 radical (unpaired) electrons. The van der Waals surface area contributed by atoms with E-state index in [9.17, 15) is 4.79 Å². The van der Waals surface area contributed by atoms with Crippen molar-refractivity contribution >= 4 is 34.6 Å². The first kappa shape index (κ1) is 21.4.